The van der Waals surface area contributed by atoms with E-state index in [1.165, 1.54) is 0 Å². The van der Waals surface area contributed by atoms with Gasteiger partial charge in [0, 0.05) is 23.7 Å². The molecule has 0 unspecified atom stereocenters. The summed E-state index contributed by atoms with van der Waals surface area (Å²) < 4.78 is 0. The van der Waals surface area contributed by atoms with Crippen molar-refractivity contribution in [1.82, 2.24) is 20.6 Å². The molecule has 0 atom stereocenters. The van der Waals surface area contributed by atoms with Gasteiger partial charge in [-0.15, -0.1) is 0 Å². The van der Waals surface area contributed by atoms with Crippen LogP contribution in [0.4, 0.5) is 0 Å². The average molecular weight is 243 g/mol. The Balaban J connectivity index is 2.05. The molecule has 0 aliphatic heterocycles. The van der Waals surface area contributed by atoms with E-state index in [0.717, 1.165) is 11.3 Å². The molecule has 0 saturated carbocycles. The van der Waals surface area contributed by atoms with Gasteiger partial charge in [-0.25, -0.2) is 5.43 Å². The van der Waals surface area contributed by atoms with Crippen molar-refractivity contribution < 1.29 is 4.79 Å². The third-order valence-corrected chi connectivity index (χ3v) is 2.34. The van der Waals surface area contributed by atoms with Gasteiger partial charge < -0.3 is 0 Å². The highest BCUT2D eigenvalue weighted by atomic mass is 16.2. The highest BCUT2D eigenvalue weighted by Crippen LogP contribution is 1.99. The number of carbonyl (C=O) groups excluding carboxylic acids is 1. The monoisotopic (exact) mass is 243 g/mol. The summed E-state index contributed by atoms with van der Waals surface area (Å²) in [5, 5.41) is 10.6. The molecule has 0 radical (unpaired) electrons. The van der Waals surface area contributed by atoms with Crippen LogP contribution in [0.3, 0.4) is 0 Å². The zero-order valence-corrected chi connectivity index (χ0v) is 10.1. The first kappa shape index (κ1) is 12.0. The molecule has 0 bridgehead atoms. The highest BCUT2D eigenvalue weighted by Gasteiger charge is 2.08. The van der Waals surface area contributed by atoms with Gasteiger partial charge in [-0.2, -0.15) is 10.2 Å². The van der Waals surface area contributed by atoms with E-state index in [4.69, 9.17) is 0 Å². The third-order valence-electron chi connectivity index (χ3n) is 2.34. The smallest absolute Gasteiger partial charge is 0.282 e. The van der Waals surface area contributed by atoms with E-state index in [9.17, 15) is 4.79 Å². The number of nitrogens with one attached hydrogen (secondary N) is 2. The summed E-state index contributed by atoms with van der Waals surface area (Å²) in [6.07, 6.45) is 3.37. The fourth-order valence-corrected chi connectivity index (χ4v) is 1.37. The minimum Gasteiger partial charge on any atom is -0.282 e. The minimum absolute atomic E-state index is 0.315. The van der Waals surface area contributed by atoms with Crippen LogP contribution in [0.25, 0.3) is 0 Å². The van der Waals surface area contributed by atoms with Crippen molar-refractivity contribution >= 4 is 11.6 Å². The molecule has 2 N–H and O–H groups in total. The van der Waals surface area contributed by atoms with Gasteiger partial charge in [0.05, 0.1) is 5.71 Å². The molecule has 2 aromatic heterocycles. The number of hydrogen-bond donors (Lipinski definition) is 2. The molecule has 0 aliphatic carbocycles. The molecule has 18 heavy (non-hydrogen) atoms. The Bertz CT molecular complexity index is 573. The maximum atomic E-state index is 11.7. The fraction of sp³-hybridized carbons (Fsp3) is 0.167. The van der Waals surface area contributed by atoms with Gasteiger partial charge >= 0.3 is 0 Å². The number of nitrogens with zero attached hydrogens (tertiary/aromatic N) is 3. The van der Waals surface area contributed by atoms with E-state index in [0.29, 0.717) is 11.4 Å². The number of amides is 1. The quantitative estimate of drug-likeness (QED) is 0.629. The molecular formula is C12H13N5O. The van der Waals surface area contributed by atoms with Gasteiger partial charge in [0.15, 0.2) is 5.69 Å². The molecular weight excluding hydrogens is 230 g/mol. The third kappa shape index (κ3) is 2.79. The van der Waals surface area contributed by atoms with E-state index in [1.54, 1.807) is 25.4 Å². The molecule has 1 amide bonds. The summed E-state index contributed by atoms with van der Waals surface area (Å²) >= 11 is 0. The number of aromatic nitrogens is 3. The minimum atomic E-state index is -0.345. The Morgan fingerprint density at radius 2 is 2.33 bits per heavy atom. The van der Waals surface area contributed by atoms with Crippen LogP contribution in [-0.2, 0) is 0 Å². The predicted octanol–water partition coefficient (Wildman–Crippen LogP) is 1.27. The zero-order chi connectivity index (χ0) is 13.0. The van der Waals surface area contributed by atoms with Crippen LogP contribution >= 0.6 is 0 Å². The summed E-state index contributed by atoms with van der Waals surface area (Å²) in [5.41, 5.74) is 5.13. The Kier molecular flexibility index (Phi) is 3.47. The Morgan fingerprint density at radius 1 is 1.50 bits per heavy atom. The number of hydrogen-bond acceptors (Lipinski definition) is 4. The van der Waals surface area contributed by atoms with E-state index in [1.807, 2.05) is 19.1 Å². The van der Waals surface area contributed by atoms with Crippen molar-refractivity contribution in [2.24, 2.45) is 5.10 Å². The van der Waals surface area contributed by atoms with E-state index in [-0.39, 0.29) is 5.91 Å². The van der Waals surface area contributed by atoms with Crippen molar-refractivity contribution in [3.8, 4) is 0 Å². The van der Waals surface area contributed by atoms with Crippen LogP contribution < -0.4 is 5.43 Å². The molecule has 0 aliphatic rings. The first-order valence-corrected chi connectivity index (χ1v) is 5.44. The number of pyridine rings is 1. The van der Waals surface area contributed by atoms with Crippen molar-refractivity contribution in [2.45, 2.75) is 13.8 Å². The molecule has 2 aromatic rings. The second-order valence-electron chi connectivity index (χ2n) is 3.82. The Morgan fingerprint density at radius 3 is 2.94 bits per heavy atom. The van der Waals surface area contributed by atoms with Crippen LogP contribution in [0.2, 0.25) is 0 Å². The normalized spacial score (nSPS) is 11.3. The van der Waals surface area contributed by atoms with Gasteiger partial charge in [-0.3, -0.25) is 14.9 Å². The molecule has 6 nitrogen and oxygen atoms in total. The molecule has 0 spiro atoms. The summed E-state index contributed by atoms with van der Waals surface area (Å²) in [4.78, 5) is 15.7. The summed E-state index contributed by atoms with van der Waals surface area (Å²) in [5.74, 6) is -0.345. The lowest BCUT2D eigenvalue weighted by atomic mass is 10.2. The number of H-pyrrole nitrogens is 1. The second kappa shape index (κ2) is 5.22. The summed E-state index contributed by atoms with van der Waals surface area (Å²) in [7, 11) is 0. The number of carbonyl (C=O) groups is 1. The molecule has 0 aromatic carbocycles. The van der Waals surface area contributed by atoms with Gasteiger partial charge in [-0.1, -0.05) is 6.07 Å². The average Bonchev–Trinajstić information content (AvgIpc) is 2.83. The topological polar surface area (TPSA) is 83.0 Å². The van der Waals surface area contributed by atoms with E-state index < -0.39 is 0 Å². The van der Waals surface area contributed by atoms with Crippen molar-refractivity contribution in [1.29, 1.82) is 0 Å². The van der Waals surface area contributed by atoms with E-state index >= 15 is 0 Å². The maximum Gasteiger partial charge on any atom is 0.291 e. The van der Waals surface area contributed by atoms with Crippen LogP contribution in [-0.4, -0.2) is 26.8 Å². The van der Waals surface area contributed by atoms with Gasteiger partial charge in [-0.05, 0) is 26.0 Å². The molecule has 2 rings (SSSR count). The first-order valence-electron chi connectivity index (χ1n) is 5.44. The summed E-state index contributed by atoms with van der Waals surface area (Å²) in [6, 6.07) is 5.34. The lowest BCUT2D eigenvalue weighted by Crippen LogP contribution is -2.19. The van der Waals surface area contributed by atoms with Crippen molar-refractivity contribution in [3.05, 3.63) is 47.5 Å². The zero-order valence-electron chi connectivity index (χ0n) is 10.1. The molecule has 0 fully saturated rings. The molecule has 2 heterocycles. The van der Waals surface area contributed by atoms with Gasteiger partial charge in [0.25, 0.3) is 5.91 Å². The van der Waals surface area contributed by atoms with E-state index in [2.05, 4.69) is 25.7 Å². The second-order valence-corrected chi connectivity index (χ2v) is 3.82. The number of rotatable bonds is 3. The SMILES string of the molecule is CC(=NNC(=O)c1cc(C)[nH]n1)c1cccnc1. The van der Waals surface area contributed by atoms with Gasteiger partial charge in [0.2, 0.25) is 0 Å². The molecule has 0 saturated heterocycles. The van der Waals surface area contributed by atoms with Crippen LogP contribution in [0.15, 0.2) is 35.7 Å². The number of aryl methyl sites for hydroxylation is 1. The standard InChI is InChI=1S/C12H13N5O/c1-8-6-11(16-14-8)12(18)17-15-9(2)10-4-3-5-13-7-10/h3-7H,1-2H3,(H,14,16)(H,17,18). The highest BCUT2D eigenvalue weighted by molar-refractivity contribution is 6.00. The van der Waals surface area contributed by atoms with Gasteiger partial charge in [0.1, 0.15) is 0 Å². The van der Waals surface area contributed by atoms with Crippen LogP contribution in [0.5, 0.6) is 0 Å². The van der Waals surface area contributed by atoms with Crippen LogP contribution in [0.1, 0.15) is 28.7 Å². The van der Waals surface area contributed by atoms with Crippen molar-refractivity contribution in [3.63, 3.8) is 0 Å². The Labute approximate surface area is 104 Å². The lowest BCUT2D eigenvalue weighted by molar-refractivity contribution is 0.0950. The van der Waals surface area contributed by atoms with Crippen molar-refractivity contribution in [2.75, 3.05) is 0 Å². The first-order chi connectivity index (χ1) is 8.66. The largest absolute Gasteiger partial charge is 0.291 e. The Hall–Kier alpha value is -2.50. The summed E-state index contributed by atoms with van der Waals surface area (Å²) in [6.45, 7) is 3.63. The lowest BCUT2D eigenvalue weighted by Gasteiger charge is -2.00. The van der Waals surface area contributed by atoms with Crippen LogP contribution in [0, 0.1) is 6.92 Å². The molecule has 92 valence electrons. The predicted molar refractivity (Wildman–Crippen MR) is 67.2 cm³/mol. The number of aromatic amines is 1. The molecule has 6 heteroatoms. The maximum absolute atomic E-state index is 11.7. The number of hydrazone groups is 1. The fourth-order valence-electron chi connectivity index (χ4n) is 1.37.